The molecule has 3 heteroatoms. The molecule has 0 amide bonds. The van der Waals surface area contributed by atoms with Gasteiger partial charge in [-0.1, -0.05) is 42.5 Å². The van der Waals surface area contributed by atoms with Crippen LogP contribution in [0.5, 0.6) is 5.75 Å². The van der Waals surface area contributed by atoms with Crippen molar-refractivity contribution in [3.63, 3.8) is 0 Å². The Balaban J connectivity index is 1.69. The molecule has 0 fully saturated rings. The molecule has 21 heavy (non-hydrogen) atoms. The first-order valence-corrected chi connectivity index (χ1v) is 6.85. The van der Waals surface area contributed by atoms with E-state index in [1.54, 1.807) is 6.07 Å². The van der Waals surface area contributed by atoms with Gasteiger partial charge in [0, 0.05) is 11.6 Å². The maximum Gasteiger partial charge on any atom is 0.190 e. The summed E-state index contributed by atoms with van der Waals surface area (Å²) in [7, 11) is 0. The number of hydrogen-bond acceptors (Lipinski definition) is 3. The number of anilines is 1. The predicted octanol–water partition coefficient (Wildman–Crippen LogP) is 4.42. The Morgan fingerprint density at radius 3 is 2.24 bits per heavy atom. The molecule has 2 N–H and O–H groups in total. The first-order valence-electron chi connectivity index (χ1n) is 6.85. The third kappa shape index (κ3) is 3.08. The standard InChI is InChI=1S/C18H17NO2/c1-13-16(11-18(19)21-13)12-20-17-9-7-15(8-10-17)14-5-3-2-4-6-14/h2-11H,12,19H2,1H3. The van der Waals surface area contributed by atoms with Crippen LogP contribution in [0.1, 0.15) is 11.3 Å². The van der Waals surface area contributed by atoms with Crippen molar-refractivity contribution in [2.24, 2.45) is 0 Å². The van der Waals surface area contributed by atoms with Crippen LogP contribution in [0, 0.1) is 6.92 Å². The summed E-state index contributed by atoms with van der Waals surface area (Å²) in [6.07, 6.45) is 0. The molecule has 3 nitrogen and oxygen atoms in total. The summed E-state index contributed by atoms with van der Waals surface area (Å²) in [6, 6.07) is 20.1. The van der Waals surface area contributed by atoms with Gasteiger partial charge in [0.05, 0.1) is 0 Å². The van der Waals surface area contributed by atoms with E-state index in [4.69, 9.17) is 14.9 Å². The van der Waals surface area contributed by atoms with Gasteiger partial charge in [0.25, 0.3) is 0 Å². The lowest BCUT2D eigenvalue weighted by molar-refractivity contribution is 0.303. The smallest absolute Gasteiger partial charge is 0.190 e. The molecule has 0 radical (unpaired) electrons. The van der Waals surface area contributed by atoms with E-state index in [0.717, 1.165) is 17.1 Å². The second-order valence-corrected chi connectivity index (χ2v) is 4.91. The summed E-state index contributed by atoms with van der Waals surface area (Å²) in [5, 5.41) is 0. The minimum atomic E-state index is 0.422. The van der Waals surface area contributed by atoms with E-state index in [9.17, 15) is 0 Å². The van der Waals surface area contributed by atoms with Gasteiger partial charge in [0.2, 0.25) is 0 Å². The zero-order valence-corrected chi connectivity index (χ0v) is 11.9. The number of aryl methyl sites for hydroxylation is 1. The first kappa shape index (κ1) is 13.3. The van der Waals surface area contributed by atoms with Crippen LogP contribution in [0.15, 0.2) is 65.1 Å². The average molecular weight is 279 g/mol. The second kappa shape index (κ2) is 5.75. The van der Waals surface area contributed by atoms with Crippen LogP contribution in [0.4, 0.5) is 5.88 Å². The van der Waals surface area contributed by atoms with E-state index in [1.165, 1.54) is 11.1 Å². The molecule has 0 spiro atoms. The van der Waals surface area contributed by atoms with Gasteiger partial charge in [-0.15, -0.1) is 0 Å². The van der Waals surface area contributed by atoms with Gasteiger partial charge < -0.3 is 14.9 Å². The molecule has 0 unspecified atom stereocenters. The summed E-state index contributed by atoms with van der Waals surface area (Å²) in [5.74, 6) is 2.05. The highest BCUT2D eigenvalue weighted by molar-refractivity contribution is 5.63. The largest absolute Gasteiger partial charge is 0.489 e. The third-order valence-electron chi connectivity index (χ3n) is 3.40. The Morgan fingerprint density at radius 2 is 1.62 bits per heavy atom. The summed E-state index contributed by atoms with van der Waals surface area (Å²) < 4.78 is 11.0. The van der Waals surface area contributed by atoms with E-state index in [2.05, 4.69) is 24.3 Å². The molecule has 0 aliphatic carbocycles. The molecule has 0 aliphatic heterocycles. The molecular formula is C18H17NO2. The highest BCUT2D eigenvalue weighted by Crippen LogP contribution is 2.23. The Bertz CT molecular complexity index is 715. The maximum atomic E-state index is 5.76. The second-order valence-electron chi connectivity index (χ2n) is 4.91. The van der Waals surface area contributed by atoms with Crippen molar-refractivity contribution in [3.8, 4) is 16.9 Å². The van der Waals surface area contributed by atoms with E-state index in [-0.39, 0.29) is 0 Å². The van der Waals surface area contributed by atoms with Gasteiger partial charge >= 0.3 is 0 Å². The Morgan fingerprint density at radius 1 is 0.952 bits per heavy atom. The van der Waals surface area contributed by atoms with Gasteiger partial charge in [-0.3, -0.25) is 0 Å². The number of rotatable bonds is 4. The number of benzene rings is 2. The Kier molecular flexibility index (Phi) is 3.65. The minimum Gasteiger partial charge on any atom is -0.489 e. The SMILES string of the molecule is Cc1oc(N)cc1COc1ccc(-c2ccccc2)cc1. The topological polar surface area (TPSA) is 48.4 Å². The number of nitrogen functional groups attached to an aromatic ring is 1. The van der Waals surface area contributed by atoms with Crippen LogP contribution < -0.4 is 10.5 Å². The van der Waals surface area contributed by atoms with Crippen LogP contribution in [0.3, 0.4) is 0 Å². The van der Waals surface area contributed by atoms with Gasteiger partial charge in [-0.05, 0) is 30.2 Å². The lowest BCUT2D eigenvalue weighted by atomic mass is 10.1. The van der Waals surface area contributed by atoms with Crippen molar-refractivity contribution in [3.05, 3.63) is 72.0 Å². The molecule has 106 valence electrons. The van der Waals surface area contributed by atoms with Crippen LogP contribution in [0.2, 0.25) is 0 Å². The molecular weight excluding hydrogens is 262 g/mol. The van der Waals surface area contributed by atoms with E-state index < -0.39 is 0 Å². The van der Waals surface area contributed by atoms with Gasteiger partial charge in [0.1, 0.15) is 18.1 Å². The minimum absolute atomic E-state index is 0.422. The maximum absolute atomic E-state index is 5.76. The van der Waals surface area contributed by atoms with E-state index in [1.807, 2.05) is 37.3 Å². The van der Waals surface area contributed by atoms with Gasteiger partial charge in [-0.2, -0.15) is 0 Å². The van der Waals surface area contributed by atoms with Gasteiger partial charge in [0.15, 0.2) is 5.88 Å². The van der Waals surface area contributed by atoms with Crippen molar-refractivity contribution in [1.82, 2.24) is 0 Å². The Labute approximate surface area is 124 Å². The highest BCUT2D eigenvalue weighted by Gasteiger charge is 2.06. The molecule has 3 aromatic rings. The summed E-state index contributed by atoms with van der Waals surface area (Å²) in [5.41, 5.74) is 8.95. The number of furan rings is 1. The molecule has 0 atom stereocenters. The van der Waals surface area contributed by atoms with Crippen LogP contribution in [0.25, 0.3) is 11.1 Å². The van der Waals surface area contributed by atoms with Crippen molar-refractivity contribution in [2.45, 2.75) is 13.5 Å². The fourth-order valence-electron chi connectivity index (χ4n) is 2.22. The fourth-order valence-corrected chi connectivity index (χ4v) is 2.22. The number of nitrogens with two attached hydrogens (primary N) is 1. The molecule has 2 aromatic carbocycles. The third-order valence-corrected chi connectivity index (χ3v) is 3.40. The molecule has 0 saturated heterocycles. The zero-order valence-electron chi connectivity index (χ0n) is 11.9. The van der Waals surface area contributed by atoms with Crippen LogP contribution in [-0.2, 0) is 6.61 Å². The van der Waals surface area contributed by atoms with E-state index in [0.29, 0.717) is 12.5 Å². The Hall–Kier alpha value is -2.68. The van der Waals surface area contributed by atoms with Crippen molar-refractivity contribution in [1.29, 1.82) is 0 Å². The summed E-state index contributed by atoms with van der Waals surface area (Å²) in [6.45, 7) is 2.34. The van der Waals surface area contributed by atoms with Crippen LogP contribution in [-0.4, -0.2) is 0 Å². The summed E-state index contributed by atoms with van der Waals surface area (Å²) in [4.78, 5) is 0. The van der Waals surface area contributed by atoms with Crippen molar-refractivity contribution in [2.75, 3.05) is 5.73 Å². The molecule has 0 bridgehead atoms. The average Bonchev–Trinajstić information content (AvgIpc) is 2.84. The van der Waals surface area contributed by atoms with E-state index >= 15 is 0 Å². The van der Waals surface area contributed by atoms with Crippen molar-refractivity contribution < 1.29 is 9.15 Å². The molecule has 0 saturated carbocycles. The predicted molar refractivity (Wildman–Crippen MR) is 84.1 cm³/mol. The monoisotopic (exact) mass is 279 g/mol. The molecule has 0 aliphatic rings. The van der Waals surface area contributed by atoms with Crippen LogP contribution >= 0.6 is 0 Å². The normalized spacial score (nSPS) is 10.5. The lowest BCUT2D eigenvalue weighted by Crippen LogP contribution is -1.95. The molecule has 1 heterocycles. The van der Waals surface area contributed by atoms with Crippen molar-refractivity contribution >= 4 is 5.88 Å². The highest BCUT2D eigenvalue weighted by atomic mass is 16.5. The molecule has 1 aromatic heterocycles. The number of ether oxygens (including phenoxy) is 1. The first-order chi connectivity index (χ1) is 10.2. The zero-order chi connectivity index (χ0) is 14.7. The lowest BCUT2D eigenvalue weighted by Gasteiger charge is -2.07. The molecule has 3 rings (SSSR count). The summed E-state index contributed by atoms with van der Waals surface area (Å²) >= 11 is 0. The number of hydrogen-bond donors (Lipinski definition) is 1. The quantitative estimate of drug-likeness (QED) is 0.769. The van der Waals surface area contributed by atoms with Gasteiger partial charge in [-0.25, -0.2) is 0 Å². The fraction of sp³-hybridized carbons (Fsp3) is 0.111.